The number of piperidine rings is 1. The number of hydrogen-bond acceptors (Lipinski definition) is 5. The lowest BCUT2D eigenvalue weighted by Crippen LogP contribution is -2.41. The van der Waals surface area contributed by atoms with Gasteiger partial charge in [-0.05, 0) is 30.9 Å². The van der Waals surface area contributed by atoms with Crippen molar-refractivity contribution in [2.24, 2.45) is 5.92 Å². The Morgan fingerprint density at radius 2 is 2.16 bits per heavy atom. The zero-order valence-corrected chi connectivity index (χ0v) is 18.8. The third-order valence-corrected chi connectivity index (χ3v) is 6.63. The fraction of sp³-hybridized carbons (Fsp3) is 0.500. The zero-order valence-electron chi connectivity index (χ0n) is 18.8. The molecule has 0 unspecified atom stereocenters. The number of aromatic nitrogens is 4. The molecule has 1 fully saturated rings. The zero-order chi connectivity index (χ0) is 22.2. The molecule has 1 saturated heterocycles. The largest absolute Gasteiger partial charge is 0.334 e. The highest BCUT2D eigenvalue weighted by molar-refractivity contribution is 5.78. The van der Waals surface area contributed by atoms with E-state index in [0.717, 1.165) is 67.8 Å². The summed E-state index contributed by atoms with van der Waals surface area (Å²) in [7, 11) is 0. The molecule has 0 bridgehead atoms. The first-order valence-corrected chi connectivity index (χ1v) is 11.6. The summed E-state index contributed by atoms with van der Waals surface area (Å²) in [6.07, 6.45) is 7.39. The molecular formula is C24H30N6O2. The molecule has 1 N–H and O–H groups in total. The number of likely N-dealkylation sites (tertiary alicyclic amines) is 1. The molecule has 32 heavy (non-hydrogen) atoms. The molecule has 0 saturated carbocycles. The fourth-order valence-corrected chi connectivity index (χ4v) is 4.96. The van der Waals surface area contributed by atoms with Crippen LogP contribution >= 0.6 is 0 Å². The molecule has 0 aliphatic carbocycles. The quantitative estimate of drug-likeness (QED) is 0.682. The van der Waals surface area contributed by atoms with Crippen LogP contribution in [0.3, 0.4) is 0 Å². The molecule has 1 atom stereocenters. The summed E-state index contributed by atoms with van der Waals surface area (Å²) in [5.74, 6) is 0.123. The maximum absolute atomic E-state index is 13.4. The number of H-pyrrole nitrogens is 1. The molecule has 0 spiro atoms. The standard InChI is InChI=1S/C24H30N6O2/c1-16(2)23(31)29-10-4-3-7-21(29)20-12-22-26-19-8-11-28(14-17-6-5-9-25-13-17)15-18(19)24(32)30(22)27-20/h5-6,9,12-13,16,21,27H,3-4,7-8,10-11,14-15H2,1-2H3/t21-/m0/s1. The van der Waals surface area contributed by atoms with Crippen molar-refractivity contribution in [3.8, 4) is 0 Å². The molecule has 0 radical (unpaired) electrons. The minimum absolute atomic E-state index is 0.0288. The Morgan fingerprint density at radius 1 is 1.28 bits per heavy atom. The van der Waals surface area contributed by atoms with Gasteiger partial charge in [0.15, 0.2) is 5.65 Å². The van der Waals surface area contributed by atoms with Gasteiger partial charge in [0.25, 0.3) is 5.56 Å². The number of nitrogens with zero attached hydrogens (tertiary/aromatic N) is 5. The Hall–Kier alpha value is -3.00. The van der Waals surface area contributed by atoms with E-state index in [9.17, 15) is 9.59 Å². The Labute approximate surface area is 187 Å². The monoisotopic (exact) mass is 434 g/mol. The van der Waals surface area contributed by atoms with E-state index < -0.39 is 0 Å². The van der Waals surface area contributed by atoms with Crippen LogP contribution < -0.4 is 5.56 Å². The van der Waals surface area contributed by atoms with Gasteiger partial charge >= 0.3 is 0 Å². The number of fused-ring (bicyclic) bond motifs is 2. The number of pyridine rings is 1. The summed E-state index contributed by atoms with van der Waals surface area (Å²) in [6, 6.07) is 5.92. The smallest absolute Gasteiger partial charge is 0.277 e. The number of nitrogens with one attached hydrogen (secondary N) is 1. The summed E-state index contributed by atoms with van der Waals surface area (Å²) in [6.45, 7) is 6.85. The van der Waals surface area contributed by atoms with Gasteiger partial charge in [-0.3, -0.25) is 24.6 Å². The Morgan fingerprint density at radius 3 is 2.94 bits per heavy atom. The molecule has 8 heteroatoms. The molecule has 2 aliphatic heterocycles. The predicted octanol–water partition coefficient (Wildman–Crippen LogP) is 2.69. The van der Waals surface area contributed by atoms with Gasteiger partial charge in [0.1, 0.15) is 0 Å². The van der Waals surface area contributed by atoms with Crippen LogP contribution in [0.15, 0.2) is 35.4 Å². The van der Waals surface area contributed by atoms with Gasteiger partial charge in [0.05, 0.1) is 23.0 Å². The van der Waals surface area contributed by atoms with Gasteiger partial charge in [-0.2, -0.15) is 0 Å². The van der Waals surface area contributed by atoms with Gasteiger partial charge in [-0.1, -0.05) is 19.9 Å². The van der Waals surface area contributed by atoms with Crippen LogP contribution in [0.5, 0.6) is 0 Å². The first kappa shape index (κ1) is 20.9. The van der Waals surface area contributed by atoms with Crippen LogP contribution in [-0.4, -0.2) is 48.4 Å². The van der Waals surface area contributed by atoms with Crippen LogP contribution in [-0.2, 0) is 24.3 Å². The topological polar surface area (TPSA) is 86.6 Å². The number of aromatic amines is 1. The van der Waals surface area contributed by atoms with Gasteiger partial charge in [0.2, 0.25) is 5.91 Å². The molecule has 168 valence electrons. The number of amides is 1. The molecule has 5 rings (SSSR count). The number of rotatable bonds is 4. The Kier molecular flexibility index (Phi) is 5.55. The van der Waals surface area contributed by atoms with Crippen molar-refractivity contribution in [2.75, 3.05) is 13.1 Å². The predicted molar refractivity (Wildman–Crippen MR) is 121 cm³/mol. The lowest BCUT2D eigenvalue weighted by molar-refractivity contribution is -0.138. The molecule has 5 heterocycles. The number of carbonyl (C=O) groups is 1. The summed E-state index contributed by atoms with van der Waals surface area (Å²) < 4.78 is 1.56. The summed E-state index contributed by atoms with van der Waals surface area (Å²) >= 11 is 0. The van der Waals surface area contributed by atoms with Gasteiger partial charge in [-0.15, -0.1) is 0 Å². The summed E-state index contributed by atoms with van der Waals surface area (Å²) in [5.41, 5.74) is 4.29. The average Bonchev–Trinajstić information content (AvgIpc) is 3.24. The maximum Gasteiger partial charge on any atom is 0.277 e. The minimum Gasteiger partial charge on any atom is -0.334 e. The SMILES string of the molecule is CC(C)C(=O)N1CCCC[C@H]1c1cc2nc3c(c(=O)n2[nH]1)CN(Cc1cccnc1)CC3. The van der Waals surface area contributed by atoms with Gasteiger partial charge in [0, 0.05) is 57.0 Å². The third kappa shape index (κ3) is 3.83. The average molecular weight is 435 g/mol. The van der Waals surface area contributed by atoms with E-state index in [1.165, 1.54) is 0 Å². The third-order valence-electron chi connectivity index (χ3n) is 6.63. The van der Waals surface area contributed by atoms with E-state index in [0.29, 0.717) is 12.2 Å². The van der Waals surface area contributed by atoms with E-state index in [1.54, 1.807) is 10.7 Å². The van der Waals surface area contributed by atoms with E-state index in [1.807, 2.05) is 37.1 Å². The number of hydrogen-bond donors (Lipinski definition) is 1. The van der Waals surface area contributed by atoms with E-state index >= 15 is 0 Å². The molecule has 8 nitrogen and oxygen atoms in total. The van der Waals surface area contributed by atoms with E-state index in [-0.39, 0.29) is 23.4 Å². The van der Waals surface area contributed by atoms with E-state index in [4.69, 9.17) is 4.98 Å². The molecule has 3 aromatic rings. The first-order chi connectivity index (χ1) is 15.5. The highest BCUT2D eigenvalue weighted by Gasteiger charge is 2.31. The lowest BCUT2D eigenvalue weighted by Gasteiger charge is -2.36. The minimum atomic E-state index is -0.0427. The Bertz CT molecular complexity index is 1180. The highest BCUT2D eigenvalue weighted by atomic mass is 16.2. The van der Waals surface area contributed by atoms with Crippen molar-refractivity contribution >= 4 is 11.6 Å². The van der Waals surface area contributed by atoms with Crippen molar-refractivity contribution in [3.05, 3.63) is 63.5 Å². The second kappa shape index (κ2) is 8.50. The molecular weight excluding hydrogens is 404 g/mol. The van der Waals surface area contributed by atoms with Gasteiger partial charge in [-0.25, -0.2) is 9.50 Å². The molecule has 1 amide bonds. The number of carbonyl (C=O) groups excluding carboxylic acids is 1. The van der Waals surface area contributed by atoms with Crippen molar-refractivity contribution in [3.63, 3.8) is 0 Å². The van der Waals surface area contributed by atoms with Crippen molar-refractivity contribution in [1.82, 2.24) is 29.4 Å². The fourth-order valence-electron chi connectivity index (χ4n) is 4.96. The van der Waals surface area contributed by atoms with E-state index in [2.05, 4.69) is 21.0 Å². The van der Waals surface area contributed by atoms with Crippen molar-refractivity contribution in [1.29, 1.82) is 0 Å². The van der Waals surface area contributed by atoms with Crippen LogP contribution in [0.1, 0.15) is 61.7 Å². The van der Waals surface area contributed by atoms with Crippen molar-refractivity contribution < 1.29 is 4.79 Å². The normalized spacial score (nSPS) is 19.5. The Balaban J connectivity index is 1.45. The highest BCUT2D eigenvalue weighted by Crippen LogP contribution is 2.31. The van der Waals surface area contributed by atoms with Crippen LogP contribution in [0.25, 0.3) is 5.65 Å². The van der Waals surface area contributed by atoms with Crippen LogP contribution in [0, 0.1) is 5.92 Å². The lowest BCUT2D eigenvalue weighted by atomic mass is 9.97. The second-order valence-electron chi connectivity index (χ2n) is 9.27. The summed E-state index contributed by atoms with van der Waals surface area (Å²) in [4.78, 5) is 39.4. The van der Waals surface area contributed by atoms with Gasteiger partial charge < -0.3 is 4.90 Å². The first-order valence-electron chi connectivity index (χ1n) is 11.6. The molecule has 0 aromatic carbocycles. The maximum atomic E-state index is 13.4. The molecule has 2 aliphatic rings. The summed E-state index contributed by atoms with van der Waals surface area (Å²) in [5, 5.41) is 3.29. The van der Waals surface area contributed by atoms with Crippen LogP contribution in [0.2, 0.25) is 0 Å². The molecule has 3 aromatic heterocycles. The van der Waals surface area contributed by atoms with Crippen LogP contribution in [0.4, 0.5) is 0 Å². The second-order valence-corrected chi connectivity index (χ2v) is 9.27. The van der Waals surface area contributed by atoms with Crippen molar-refractivity contribution in [2.45, 2.75) is 58.7 Å².